The predicted molar refractivity (Wildman–Crippen MR) is 133 cm³/mol. The number of rotatable bonds is 7. The Morgan fingerprint density at radius 2 is 1.74 bits per heavy atom. The molecule has 10 heteroatoms. The van der Waals surface area contributed by atoms with Gasteiger partial charge >= 0.3 is 6.09 Å². The van der Waals surface area contributed by atoms with E-state index in [2.05, 4.69) is 15.5 Å². The van der Waals surface area contributed by atoms with Gasteiger partial charge in [0, 0.05) is 10.4 Å². The van der Waals surface area contributed by atoms with Crippen LogP contribution in [0.1, 0.15) is 39.4 Å². The molecule has 7 nitrogen and oxygen atoms in total. The van der Waals surface area contributed by atoms with Gasteiger partial charge in [0.05, 0.1) is 22.2 Å². The van der Waals surface area contributed by atoms with Crippen molar-refractivity contribution in [3.05, 3.63) is 92.3 Å². The second-order valence-electron chi connectivity index (χ2n) is 7.27. The molecule has 0 atom stereocenters. The Hall–Kier alpha value is -3.20. The maximum absolute atomic E-state index is 13.4. The van der Waals surface area contributed by atoms with Gasteiger partial charge in [0.2, 0.25) is 0 Å². The third-order valence-electron chi connectivity index (χ3n) is 5.00. The number of ether oxygens (including phenoxy) is 1. The van der Waals surface area contributed by atoms with Crippen LogP contribution in [0.5, 0.6) is 5.75 Å². The molecule has 0 spiro atoms. The van der Waals surface area contributed by atoms with Gasteiger partial charge in [0.25, 0.3) is 0 Å². The molecule has 0 saturated carbocycles. The molecule has 0 aliphatic rings. The van der Waals surface area contributed by atoms with E-state index >= 15 is 0 Å². The zero-order valence-corrected chi connectivity index (χ0v) is 20.7. The highest BCUT2D eigenvalue weighted by Crippen LogP contribution is 2.32. The zero-order valence-electron chi connectivity index (χ0n) is 18.3. The van der Waals surface area contributed by atoms with E-state index in [4.69, 9.17) is 27.9 Å². The number of nitrogens with zero attached hydrogens (tertiary/aromatic N) is 3. The smallest absolute Gasteiger partial charge is 0.409 e. The molecule has 34 heavy (non-hydrogen) atoms. The van der Waals surface area contributed by atoms with Crippen LogP contribution in [-0.2, 0) is 13.0 Å². The lowest BCUT2D eigenvalue weighted by Gasteiger charge is -2.11. The number of thiophene rings is 1. The molecule has 4 aromatic rings. The average molecular weight is 515 g/mol. The van der Waals surface area contributed by atoms with E-state index < -0.39 is 6.09 Å². The second-order valence-corrected chi connectivity index (χ2v) is 9.20. The van der Waals surface area contributed by atoms with Crippen LogP contribution < -0.4 is 10.1 Å². The van der Waals surface area contributed by atoms with Gasteiger partial charge in [-0.1, -0.05) is 54.4 Å². The van der Waals surface area contributed by atoms with E-state index in [9.17, 15) is 9.59 Å². The fraction of sp³-hybridized carbons (Fsp3) is 0.167. The van der Waals surface area contributed by atoms with E-state index in [1.807, 2.05) is 13.0 Å². The lowest BCUT2D eigenvalue weighted by atomic mass is 10.0. The van der Waals surface area contributed by atoms with Crippen molar-refractivity contribution in [2.75, 3.05) is 0 Å². The number of carbonyl (C=O) groups excluding carboxylic acids is 2. The maximum Gasteiger partial charge on any atom is 0.413 e. The summed E-state index contributed by atoms with van der Waals surface area (Å²) in [5.41, 5.74) is 0.914. The summed E-state index contributed by atoms with van der Waals surface area (Å²) in [4.78, 5) is 26.8. The Morgan fingerprint density at radius 1 is 1.03 bits per heavy atom. The quantitative estimate of drug-likeness (QED) is 0.304. The Balaban J connectivity index is 1.62. The summed E-state index contributed by atoms with van der Waals surface area (Å²) < 4.78 is 7.04. The molecule has 0 bridgehead atoms. The number of aromatic nitrogens is 3. The van der Waals surface area contributed by atoms with Crippen LogP contribution in [0, 0.1) is 6.92 Å². The second kappa shape index (κ2) is 10.4. The van der Waals surface area contributed by atoms with E-state index in [-0.39, 0.29) is 18.1 Å². The highest BCUT2D eigenvalue weighted by Gasteiger charge is 2.24. The van der Waals surface area contributed by atoms with Crippen LogP contribution in [0.25, 0.3) is 5.00 Å². The Bertz CT molecular complexity index is 1370. The number of halogens is 2. The predicted octanol–water partition coefficient (Wildman–Crippen LogP) is 6.03. The molecule has 174 valence electrons. The molecule has 0 aliphatic carbocycles. The molecule has 0 fully saturated rings. The number of hydrogen-bond acceptors (Lipinski definition) is 6. The van der Waals surface area contributed by atoms with Crippen molar-refractivity contribution in [2.45, 2.75) is 26.8 Å². The number of amides is 1. The highest BCUT2D eigenvalue weighted by molar-refractivity contribution is 7.15. The summed E-state index contributed by atoms with van der Waals surface area (Å²) in [5, 5.41) is 12.4. The fourth-order valence-electron chi connectivity index (χ4n) is 3.32. The van der Waals surface area contributed by atoms with Crippen molar-refractivity contribution in [3.8, 4) is 10.8 Å². The number of ketones is 1. The van der Waals surface area contributed by atoms with Gasteiger partial charge in [0.1, 0.15) is 10.8 Å². The molecule has 2 heterocycles. The molecule has 1 N–H and O–H groups in total. The van der Waals surface area contributed by atoms with Crippen molar-refractivity contribution >= 4 is 46.4 Å². The molecular weight excluding hydrogens is 495 g/mol. The van der Waals surface area contributed by atoms with Crippen molar-refractivity contribution in [1.82, 2.24) is 20.1 Å². The van der Waals surface area contributed by atoms with Crippen molar-refractivity contribution in [1.29, 1.82) is 0 Å². The summed E-state index contributed by atoms with van der Waals surface area (Å²) in [6.45, 7) is 3.84. The molecule has 1 amide bonds. The van der Waals surface area contributed by atoms with E-state index in [1.165, 1.54) is 11.3 Å². The minimum absolute atomic E-state index is 0.0310. The number of hydrogen-bond donors (Lipinski definition) is 1. The minimum Gasteiger partial charge on any atom is -0.409 e. The molecular formula is C24H20Cl2N4O3S. The number of benzene rings is 2. The van der Waals surface area contributed by atoms with Gasteiger partial charge < -0.3 is 10.1 Å². The number of carbonyl (C=O) groups is 2. The van der Waals surface area contributed by atoms with Crippen LogP contribution in [0.3, 0.4) is 0 Å². The van der Waals surface area contributed by atoms with Gasteiger partial charge in [0.15, 0.2) is 17.4 Å². The normalized spacial score (nSPS) is 10.8. The maximum atomic E-state index is 13.4. The average Bonchev–Trinajstić information content (AvgIpc) is 3.42. The van der Waals surface area contributed by atoms with Crippen molar-refractivity contribution in [3.63, 3.8) is 0 Å². The monoisotopic (exact) mass is 514 g/mol. The zero-order chi connectivity index (χ0) is 24.2. The summed E-state index contributed by atoms with van der Waals surface area (Å²) in [6, 6.07) is 15.5. The van der Waals surface area contributed by atoms with E-state index in [0.29, 0.717) is 37.8 Å². The number of nitrogens with one attached hydrogen (secondary N) is 1. The molecule has 0 aliphatic heterocycles. The van der Waals surface area contributed by atoms with Crippen LogP contribution in [0.2, 0.25) is 10.0 Å². The van der Waals surface area contributed by atoms with E-state index in [1.54, 1.807) is 60.0 Å². The molecule has 2 aromatic carbocycles. The largest absolute Gasteiger partial charge is 0.413 e. The van der Waals surface area contributed by atoms with Crippen LogP contribution in [-0.4, -0.2) is 26.6 Å². The Morgan fingerprint density at radius 3 is 2.44 bits per heavy atom. The van der Waals surface area contributed by atoms with Gasteiger partial charge in [-0.05, 0) is 43.7 Å². The molecule has 0 unspecified atom stereocenters. The fourth-order valence-corrected chi connectivity index (χ4v) is 4.88. The third kappa shape index (κ3) is 4.99. The molecule has 0 saturated heterocycles. The molecule has 0 radical (unpaired) electrons. The Kier molecular flexibility index (Phi) is 7.31. The minimum atomic E-state index is -0.687. The van der Waals surface area contributed by atoms with Crippen LogP contribution >= 0.6 is 34.5 Å². The number of para-hydroxylation sites is 1. The van der Waals surface area contributed by atoms with Gasteiger partial charge in [-0.2, -0.15) is 0 Å². The summed E-state index contributed by atoms with van der Waals surface area (Å²) in [5.74, 6) is 1.08. The van der Waals surface area contributed by atoms with Gasteiger partial charge in [-0.25, -0.2) is 4.79 Å². The van der Waals surface area contributed by atoms with Gasteiger partial charge in [-0.3, -0.25) is 9.36 Å². The summed E-state index contributed by atoms with van der Waals surface area (Å²) in [6.07, 6.45) is 0.0694. The Labute approximate surface area is 210 Å². The van der Waals surface area contributed by atoms with Crippen molar-refractivity contribution < 1.29 is 14.3 Å². The lowest BCUT2D eigenvalue weighted by molar-refractivity contribution is 0.103. The standard InChI is InChI=1S/C24H20Cl2N4O3S/c1-3-15-12-17(22(31)16-8-4-5-9-18(16)25)23(34-15)30-14(2)28-29-21(30)13-27-24(32)33-20-11-7-6-10-19(20)26/h4-12H,3,13H2,1-2H3,(H,27,32). The van der Waals surface area contributed by atoms with E-state index in [0.717, 1.165) is 11.3 Å². The van der Waals surface area contributed by atoms with Crippen LogP contribution in [0.15, 0.2) is 54.6 Å². The van der Waals surface area contributed by atoms with Crippen molar-refractivity contribution in [2.24, 2.45) is 0 Å². The molecule has 4 rings (SSSR count). The summed E-state index contributed by atoms with van der Waals surface area (Å²) in [7, 11) is 0. The lowest BCUT2D eigenvalue weighted by Crippen LogP contribution is -2.27. The first kappa shape index (κ1) is 23.9. The highest BCUT2D eigenvalue weighted by atomic mass is 35.5. The molecule has 2 aromatic heterocycles. The topological polar surface area (TPSA) is 86.1 Å². The first-order chi connectivity index (χ1) is 16.4. The summed E-state index contributed by atoms with van der Waals surface area (Å²) >= 11 is 13.8. The first-order valence-corrected chi connectivity index (χ1v) is 12.0. The van der Waals surface area contributed by atoms with Crippen LogP contribution in [0.4, 0.5) is 4.79 Å². The number of aryl methyl sites for hydroxylation is 2. The van der Waals surface area contributed by atoms with Gasteiger partial charge in [-0.15, -0.1) is 21.5 Å². The third-order valence-corrected chi connectivity index (χ3v) is 6.91. The first-order valence-electron chi connectivity index (χ1n) is 10.4. The SMILES string of the molecule is CCc1cc(C(=O)c2ccccc2Cl)c(-n2c(C)nnc2CNC(=O)Oc2ccccc2Cl)s1.